The Balaban J connectivity index is 1.86. The molecule has 2 fully saturated rings. The molecule has 1 amide bonds. The van der Waals surface area contributed by atoms with Crippen molar-refractivity contribution in [2.24, 2.45) is 11.1 Å². The van der Waals surface area contributed by atoms with Crippen LogP contribution in [0.2, 0.25) is 0 Å². The van der Waals surface area contributed by atoms with E-state index in [4.69, 9.17) is 9.88 Å². The van der Waals surface area contributed by atoms with Gasteiger partial charge in [0.1, 0.15) is 0 Å². The van der Waals surface area contributed by atoms with Gasteiger partial charge < -0.3 is 9.64 Å². The highest BCUT2D eigenvalue weighted by atomic mass is 32.2. The predicted octanol–water partition coefficient (Wildman–Crippen LogP) is 2.76. The number of benzene rings is 1. The fourth-order valence-electron chi connectivity index (χ4n) is 3.78. The lowest BCUT2D eigenvalue weighted by Gasteiger charge is -2.38. The Bertz CT molecular complexity index is 818. The van der Waals surface area contributed by atoms with Gasteiger partial charge in [-0.25, -0.2) is 13.6 Å². The predicted molar refractivity (Wildman–Crippen MR) is 104 cm³/mol. The number of hydrogen-bond donors (Lipinski definition) is 1. The number of primary sulfonamides is 1. The first-order valence-electron chi connectivity index (χ1n) is 9.79. The Morgan fingerprint density at radius 3 is 2.56 bits per heavy atom. The number of sulfonamides is 1. The van der Waals surface area contributed by atoms with Crippen LogP contribution in [0.5, 0.6) is 0 Å². The summed E-state index contributed by atoms with van der Waals surface area (Å²) in [4.78, 5) is 15.1. The lowest BCUT2D eigenvalue weighted by molar-refractivity contribution is -0.0874. The van der Waals surface area contributed by atoms with Gasteiger partial charge in [0.25, 0.3) is 5.91 Å². The maximum absolute atomic E-state index is 13.2. The summed E-state index contributed by atoms with van der Waals surface area (Å²) in [6.45, 7) is 6.79. The third kappa shape index (κ3) is 4.70. The summed E-state index contributed by atoms with van der Waals surface area (Å²) in [7, 11) is -3.88. The zero-order valence-electron chi connectivity index (χ0n) is 16.4. The topological polar surface area (TPSA) is 89.7 Å². The van der Waals surface area contributed by atoms with Gasteiger partial charge in [-0.3, -0.25) is 4.79 Å². The van der Waals surface area contributed by atoms with Crippen molar-refractivity contribution in [3.05, 3.63) is 28.8 Å². The summed E-state index contributed by atoms with van der Waals surface area (Å²) >= 11 is 0. The van der Waals surface area contributed by atoms with Crippen LogP contribution in [0.15, 0.2) is 17.0 Å². The largest absolute Gasteiger partial charge is 0.371 e. The quantitative estimate of drug-likeness (QED) is 0.803. The molecule has 1 aromatic rings. The van der Waals surface area contributed by atoms with Crippen molar-refractivity contribution >= 4 is 15.9 Å². The van der Waals surface area contributed by atoms with Crippen molar-refractivity contribution < 1.29 is 17.9 Å². The van der Waals surface area contributed by atoms with Gasteiger partial charge >= 0.3 is 0 Å². The molecule has 3 rings (SSSR count). The smallest absolute Gasteiger partial charge is 0.254 e. The van der Waals surface area contributed by atoms with Crippen LogP contribution in [-0.4, -0.2) is 44.5 Å². The average molecular weight is 395 g/mol. The zero-order valence-corrected chi connectivity index (χ0v) is 17.2. The van der Waals surface area contributed by atoms with E-state index >= 15 is 0 Å². The van der Waals surface area contributed by atoms with Gasteiger partial charge in [0, 0.05) is 18.7 Å². The highest BCUT2D eigenvalue weighted by Crippen LogP contribution is 2.37. The van der Waals surface area contributed by atoms with Crippen LogP contribution in [-0.2, 0) is 14.8 Å². The minimum atomic E-state index is -3.88. The molecule has 0 bridgehead atoms. The molecule has 0 radical (unpaired) electrons. The second-order valence-electron chi connectivity index (χ2n) is 7.95. The van der Waals surface area contributed by atoms with E-state index in [1.54, 1.807) is 19.9 Å². The molecule has 1 saturated carbocycles. The molecule has 7 heteroatoms. The van der Waals surface area contributed by atoms with E-state index in [1.165, 1.54) is 6.07 Å². The number of amides is 1. The summed E-state index contributed by atoms with van der Waals surface area (Å²) in [5.41, 5.74) is 1.72. The Hall–Kier alpha value is -1.44. The van der Waals surface area contributed by atoms with Crippen molar-refractivity contribution in [1.82, 2.24) is 4.90 Å². The summed E-state index contributed by atoms with van der Waals surface area (Å²) < 4.78 is 30.1. The summed E-state index contributed by atoms with van der Waals surface area (Å²) in [6.07, 6.45) is 5.57. The Morgan fingerprint density at radius 1 is 1.26 bits per heavy atom. The number of aryl methyl sites for hydroxylation is 1. The number of nitrogens with zero attached hydrogens (tertiary/aromatic N) is 1. The van der Waals surface area contributed by atoms with E-state index < -0.39 is 10.0 Å². The molecular weight excluding hydrogens is 364 g/mol. The van der Waals surface area contributed by atoms with Crippen molar-refractivity contribution in [3.8, 4) is 0 Å². The number of unbranched alkanes of at least 4 members (excludes halogenated alkanes) is 1. The first kappa shape index (κ1) is 20.3. The maximum atomic E-state index is 13.2. The molecule has 2 aliphatic rings. The summed E-state index contributed by atoms with van der Waals surface area (Å²) in [5, 5.41) is 5.35. The van der Waals surface area contributed by atoms with Gasteiger partial charge in [0.05, 0.1) is 17.1 Å². The number of rotatable bonds is 6. The maximum Gasteiger partial charge on any atom is 0.254 e. The minimum absolute atomic E-state index is 0.0281. The number of ether oxygens (including phenoxy) is 1. The molecule has 6 nitrogen and oxygen atoms in total. The molecular formula is C20H30N2O4S. The first-order valence-corrected chi connectivity index (χ1v) is 11.3. The normalized spacial score (nSPS) is 23.5. The molecule has 2 N–H and O–H groups in total. The van der Waals surface area contributed by atoms with Gasteiger partial charge in [-0.15, -0.1) is 0 Å². The van der Waals surface area contributed by atoms with Gasteiger partial charge in [0.15, 0.2) is 0 Å². The van der Waals surface area contributed by atoms with Crippen molar-refractivity contribution in [2.75, 3.05) is 13.1 Å². The molecule has 1 aromatic carbocycles. The van der Waals surface area contributed by atoms with Crippen molar-refractivity contribution in [2.45, 2.75) is 70.0 Å². The molecule has 0 aromatic heterocycles. The van der Waals surface area contributed by atoms with Crippen LogP contribution in [0.25, 0.3) is 0 Å². The summed E-state index contributed by atoms with van der Waals surface area (Å²) in [5.74, 6) is 0.405. The number of nitrogens with two attached hydrogens (primary N) is 1. The monoisotopic (exact) mass is 394 g/mol. The van der Waals surface area contributed by atoms with Crippen LogP contribution in [0.4, 0.5) is 0 Å². The van der Waals surface area contributed by atoms with Gasteiger partial charge in [-0.2, -0.15) is 0 Å². The fraction of sp³-hybridized carbons (Fsp3) is 0.650. The fourth-order valence-corrected chi connectivity index (χ4v) is 4.66. The average Bonchev–Trinajstić information content (AvgIpc) is 3.45. The second-order valence-corrected chi connectivity index (χ2v) is 9.48. The van der Waals surface area contributed by atoms with Gasteiger partial charge in [-0.05, 0) is 62.3 Å². The highest BCUT2D eigenvalue weighted by molar-refractivity contribution is 7.89. The molecule has 1 aliphatic heterocycles. The van der Waals surface area contributed by atoms with E-state index in [2.05, 4.69) is 6.92 Å². The molecule has 0 unspecified atom stereocenters. The molecule has 2 atom stereocenters. The van der Waals surface area contributed by atoms with Crippen LogP contribution in [0.3, 0.4) is 0 Å². The standard InChI is InChI=1S/C20H30N2O4S/c1-4-5-6-17-11-22(12-18(26-17)15-7-8-15)20(23)16-9-13(2)14(3)19(10-16)27(21,24)25/h9-10,15,17-18H,4-8,11-12H2,1-3H3,(H2,21,24,25)/t17-,18-/m1/s1. The van der Waals surface area contributed by atoms with Crippen LogP contribution >= 0.6 is 0 Å². The highest BCUT2D eigenvalue weighted by Gasteiger charge is 2.39. The molecule has 1 aliphatic carbocycles. The van der Waals surface area contributed by atoms with Gasteiger partial charge in [-0.1, -0.05) is 19.8 Å². The minimum Gasteiger partial charge on any atom is -0.371 e. The Kier molecular flexibility index (Phi) is 5.93. The van der Waals surface area contributed by atoms with Crippen LogP contribution in [0.1, 0.15) is 60.5 Å². The van der Waals surface area contributed by atoms with Crippen LogP contribution < -0.4 is 5.14 Å². The van der Waals surface area contributed by atoms with Crippen molar-refractivity contribution in [3.63, 3.8) is 0 Å². The first-order chi connectivity index (χ1) is 12.7. The summed E-state index contributed by atoms with van der Waals surface area (Å²) in [6, 6.07) is 3.18. The molecule has 1 heterocycles. The number of hydrogen-bond acceptors (Lipinski definition) is 4. The lowest BCUT2D eigenvalue weighted by atomic mass is 10.0. The Labute approximate surface area is 162 Å². The molecule has 150 valence electrons. The van der Waals surface area contributed by atoms with E-state index in [0.29, 0.717) is 30.1 Å². The number of morpholine rings is 1. The lowest BCUT2D eigenvalue weighted by Crippen LogP contribution is -2.50. The van der Waals surface area contributed by atoms with E-state index in [1.807, 2.05) is 4.90 Å². The third-order valence-corrected chi connectivity index (χ3v) is 6.72. The molecule has 1 saturated heterocycles. The van der Waals surface area contributed by atoms with E-state index in [0.717, 1.165) is 37.7 Å². The van der Waals surface area contributed by atoms with E-state index in [9.17, 15) is 13.2 Å². The second kappa shape index (κ2) is 7.89. The number of carbonyl (C=O) groups is 1. The SMILES string of the molecule is CCCC[C@@H]1CN(C(=O)c2cc(C)c(C)c(S(N)(=O)=O)c2)C[C@H](C2CC2)O1. The van der Waals surface area contributed by atoms with E-state index in [-0.39, 0.29) is 23.0 Å². The van der Waals surface area contributed by atoms with Crippen LogP contribution in [0, 0.1) is 19.8 Å². The Morgan fingerprint density at radius 2 is 1.96 bits per heavy atom. The van der Waals surface area contributed by atoms with Gasteiger partial charge in [0.2, 0.25) is 10.0 Å². The van der Waals surface area contributed by atoms with Crippen molar-refractivity contribution in [1.29, 1.82) is 0 Å². The zero-order chi connectivity index (χ0) is 19.8. The number of carbonyl (C=O) groups excluding carboxylic acids is 1. The molecule has 27 heavy (non-hydrogen) atoms. The molecule has 0 spiro atoms. The third-order valence-electron chi connectivity index (χ3n) is 5.68.